The first-order valence-electron chi connectivity index (χ1n) is 6.02. The van der Waals surface area contributed by atoms with E-state index in [9.17, 15) is 4.79 Å². The molecule has 0 saturated carbocycles. The van der Waals surface area contributed by atoms with E-state index in [0.29, 0.717) is 21.5 Å². The summed E-state index contributed by atoms with van der Waals surface area (Å²) in [6.45, 7) is 1.98. The van der Waals surface area contributed by atoms with Crippen molar-refractivity contribution in [2.45, 2.75) is 13.5 Å². The van der Waals surface area contributed by atoms with Crippen LogP contribution >= 0.6 is 22.9 Å². The number of carboxylic acid groups (broad SMARTS) is 1. The Kier molecular flexibility index (Phi) is 3.52. The van der Waals surface area contributed by atoms with Crippen LogP contribution in [0.25, 0.3) is 10.6 Å². The normalized spacial score (nSPS) is 11.0. The minimum absolute atomic E-state index is 0.121. The van der Waals surface area contributed by atoms with Gasteiger partial charge in [-0.05, 0) is 25.1 Å². The fraction of sp³-hybridized carbons (Fsp3) is 0.154. The summed E-state index contributed by atoms with van der Waals surface area (Å²) >= 11 is 7.27. The van der Waals surface area contributed by atoms with Gasteiger partial charge in [0.15, 0.2) is 5.76 Å². The Bertz CT molecular complexity index is 805. The van der Waals surface area contributed by atoms with Crippen LogP contribution in [0.15, 0.2) is 28.8 Å². The highest BCUT2D eigenvalue weighted by atomic mass is 35.5. The van der Waals surface area contributed by atoms with Crippen molar-refractivity contribution in [2.24, 2.45) is 0 Å². The first-order valence-corrected chi connectivity index (χ1v) is 7.21. The van der Waals surface area contributed by atoms with Crippen molar-refractivity contribution in [1.82, 2.24) is 14.9 Å². The zero-order valence-corrected chi connectivity index (χ0v) is 12.5. The molecule has 3 rings (SSSR count). The highest BCUT2D eigenvalue weighted by Gasteiger charge is 2.15. The molecule has 0 atom stereocenters. The van der Waals surface area contributed by atoms with Gasteiger partial charge in [0.1, 0.15) is 11.4 Å². The summed E-state index contributed by atoms with van der Waals surface area (Å²) < 4.78 is 7.31. The van der Waals surface area contributed by atoms with Crippen molar-refractivity contribution in [3.8, 4) is 10.6 Å². The maximum absolute atomic E-state index is 11.1. The lowest BCUT2D eigenvalue weighted by Crippen LogP contribution is -2.11. The number of hydrogen-bond acceptors (Lipinski definition) is 5. The number of rotatable bonds is 4. The summed E-state index contributed by atoms with van der Waals surface area (Å²) in [4.78, 5) is 12.0. The lowest BCUT2D eigenvalue weighted by molar-refractivity contribution is 0.0684. The number of aromatic nitrogens is 3. The Morgan fingerprint density at radius 3 is 2.95 bits per heavy atom. The quantitative estimate of drug-likeness (QED) is 0.796. The summed E-state index contributed by atoms with van der Waals surface area (Å²) in [7, 11) is 0. The van der Waals surface area contributed by atoms with Crippen LogP contribution in [0.3, 0.4) is 0 Å². The Morgan fingerprint density at radius 1 is 1.48 bits per heavy atom. The Morgan fingerprint density at radius 2 is 2.29 bits per heavy atom. The second-order valence-corrected chi connectivity index (χ2v) is 6.14. The second-order valence-electron chi connectivity index (χ2n) is 4.42. The molecule has 8 heteroatoms. The van der Waals surface area contributed by atoms with Crippen LogP contribution in [-0.4, -0.2) is 26.0 Å². The molecule has 0 radical (unpaired) electrons. The number of halogens is 1. The zero-order chi connectivity index (χ0) is 15.0. The van der Waals surface area contributed by atoms with Crippen LogP contribution in [0.5, 0.6) is 0 Å². The standard InChI is InChI=1S/C13H10ClN3O3S/c1-7-4-9(13(18)19)17(15-7)6-8-5-10(20-16-8)11-2-3-12(14)21-11/h2-5H,6H2,1H3,(H,18,19). The molecule has 0 bridgehead atoms. The minimum atomic E-state index is -1.02. The Hall–Kier alpha value is -2.12. The average Bonchev–Trinajstić information content (AvgIpc) is 3.10. The van der Waals surface area contributed by atoms with Crippen LogP contribution in [0.2, 0.25) is 4.34 Å². The van der Waals surface area contributed by atoms with Gasteiger partial charge >= 0.3 is 5.97 Å². The fourth-order valence-corrected chi connectivity index (χ4v) is 2.93. The topological polar surface area (TPSA) is 81.1 Å². The zero-order valence-electron chi connectivity index (χ0n) is 10.9. The summed E-state index contributed by atoms with van der Waals surface area (Å²) in [5.74, 6) is -0.424. The monoisotopic (exact) mass is 323 g/mol. The fourth-order valence-electron chi connectivity index (χ4n) is 1.94. The van der Waals surface area contributed by atoms with Gasteiger partial charge in [-0.15, -0.1) is 11.3 Å². The molecule has 3 aromatic heterocycles. The highest BCUT2D eigenvalue weighted by Crippen LogP contribution is 2.31. The minimum Gasteiger partial charge on any atom is -0.477 e. The van der Waals surface area contributed by atoms with Crippen LogP contribution in [0.1, 0.15) is 21.9 Å². The third-order valence-corrected chi connectivity index (χ3v) is 4.05. The van der Waals surface area contributed by atoms with E-state index >= 15 is 0 Å². The van der Waals surface area contributed by atoms with Gasteiger partial charge < -0.3 is 9.63 Å². The van der Waals surface area contributed by atoms with Crippen molar-refractivity contribution in [3.05, 3.63) is 45.7 Å². The van der Waals surface area contributed by atoms with Crippen LogP contribution in [-0.2, 0) is 6.54 Å². The molecule has 1 N–H and O–H groups in total. The smallest absolute Gasteiger partial charge is 0.354 e. The van der Waals surface area contributed by atoms with Crippen LogP contribution < -0.4 is 0 Å². The molecule has 21 heavy (non-hydrogen) atoms. The number of carboxylic acids is 1. The number of hydrogen-bond donors (Lipinski definition) is 1. The largest absolute Gasteiger partial charge is 0.477 e. The molecular formula is C13H10ClN3O3S. The molecule has 0 fully saturated rings. The SMILES string of the molecule is Cc1cc(C(=O)O)n(Cc2cc(-c3ccc(Cl)s3)on2)n1. The van der Waals surface area contributed by atoms with Gasteiger partial charge in [-0.3, -0.25) is 4.68 Å². The lowest BCUT2D eigenvalue weighted by Gasteiger charge is -2.00. The van der Waals surface area contributed by atoms with Gasteiger partial charge in [0.25, 0.3) is 0 Å². The van der Waals surface area contributed by atoms with Crippen molar-refractivity contribution in [3.63, 3.8) is 0 Å². The molecule has 0 aliphatic heterocycles. The van der Waals surface area contributed by atoms with E-state index in [1.165, 1.54) is 22.1 Å². The molecule has 3 aromatic rings. The molecule has 0 aromatic carbocycles. The summed E-state index contributed by atoms with van der Waals surface area (Å²) in [5.41, 5.74) is 1.36. The molecule has 0 aliphatic carbocycles. The Labute approximate surface area is 128 Å². The second kappa shape index (κ2) is 5.34. The van der Waals surface area contributed by atoms with E-state index in [4.69, 9.17) is 21.2 Å². The van der Waals surface area contributed by atoms with Gasteiger partial charge in [-0.1, -0.05) is 16.8 Å². The summed E-state index contributed by atoms with van der Waals surface area (Å²) in [6.07, 6.45) is 0. The first-order chi connectivity index (χ1) is 10.0. The van der Waals surface area contributed by atoms with E-state index < -0.39 is 5.97 Å². The van der Waals surface area contributed by atoms with E-state index in [1.807, 2.05) is 6.07 Å². The first kappa shape index (κ1) is 13.8. The van der Waals surface area contributed by atoms with Crippen molar-refractivity contribution in [2.75, 3.05) is 0 Å². The van der Waals surface area contributed by atoms with E-state index in [-0.39, 0.29) is 12.2 Å². The maximum atomic E-state index is 11.1. The van der Waals surface area contributed by atoms with Crippen LogP contribution in [0, 0.1) is 6.92 Å². The van der Waals surface area contributed by atoms with Crippen molar-refractivity contribution >= 4 is 28.9 Å². The molecule has 6 nitrogen and oxygen atoms in total. The van der Waals surface area contributed by atoms with Crippen LogP contribution in [0.4, 0.5) is 0 Å². The summed E-state index contributed by atoms with van der Waals surface area (Å²) in [5, 5.41) is 17.2. The van der Waals surface area contributed by atoms with E-state index in [0.717, 1.165) is 4.88 Å². The highest BCUT2D eigenvalue weighted by molar-refractivity contribution is 7.19. The van der Waals surface area contributed by atoms with Gasteiger partial charge in [0.05, 0.1) is 21.5 Å². The molecule has 0 aliphatic rings. The summed E-state index contributed by atoms with van der Waals surface area (Å²) in [6, 6.07) is 6.90. The molecule has 0 amide bonds. The predicted molar refractivity (Wildman–Crippen MR) is 77.9 cm³/mol. The van der Waals surface area contributed by atoms with E-state index in [1.54, 1.807) is 19.1 Å². The molecule has 0 spiro atoms. The number of nitrogens with zero attached hydrogens (tertiary/aromatic N) is 3. The predicted octanol–water partition coefficient (Wildman–Crippen LogP) is 3.31. The number of aryl methyl sites for hydroxylation is 1. The van der Waals surface area contributed by atoms with E-state index in [2.05, 4.69) is 10.3 Å². The van der Waals surface area contributed by atoms with Gasteiger partial charge in [0.2, 0.25) is 0 Å². The molecule has 108 valence electrons. The molecule has 0 unspecified atom stereocenters. The average molecular weight is 324 g/mol. The van der Waals surface area contributed by atoms with Gasteiger partial charge in [0, 0.05) is 6.07 Å². The van der Waals surface area contributed by atoms with Gasteiger partial charge in [-0.25, -0.2) is 4.79 Å². The lowest BCUT2D eigenvalue weighted by atomic mass is 10.3. The van der Waals surface area contributed by atoms with Crippen molar-refractivity contribution < 1.29 is 14.4 Å². The molecule has 0 saturated heterocycles. The van der Waals surface area contributed by atoms with Crippen molar-refractivity contribution in [1.29, 1.82) is 0 Å². The molecule has 3 heterocycles. The number of thiophene rings is 1. The van der Waals surface area contributed by atoms with Gasteiger partial charge in [-0.2, -0.15) is 5.10 Å². The third kappa shape index (κ3) is 2.84. The Balaban J connectivity index is 1.86. The molecular weight excluding hydrogens is 314 g/mol. The third-order valence-electron chi connectivity index (χ3n) is 2.81. The number of aromatic carboxylic acids is 1. The maximum Gasteiger partial charge on any atom is 0.354 e. The number of carbonyl (C=O) groups is 1.